The van der Waals surface area contributed by atoms with Crippen molar-refractivity contribution < 1.29 is 9.13 Å². The van der Waals surface area contributed by atoms with Crippen molar-refractivity contribution in [2.75, 3.05) is 26.2 Å². The van der Waals surface area contributed by atoms with Gasteiger partial charge < -0.3 is 9.64 Å². The first kappa shape index (κ1) is 20.5. The maximum Gasteiger partial charge on any atom is 0.266 e. The number of aryl methyl sites for hydroxylation is 1. The predicted molar refractivity (Wildman–Crippen MR) is 115 cm³/mol. The van der Waals surface area contributed by atoms with Crippen molar-refractivity contribution in [3.05, 3.63) is 58.7 Å². The molecule has 2 aromatic heterocycles. The quantitative estimate of drug-likeness (QED) is 0.458. The van der Waals surface area contributed by atoms with E-state index in [1.165, 1.54) is 36.7 Å². The van der Waals surface area contributed by atoms with Crippen LogP contribution in [0, 0.1) is 18.8 Å². The Morgan fingerprint density at radius 1 is 1.27 bits per heavy atom. The van der Waals surface area contributed by atoms with Crippen molar-refractivity contribution in [3.63, 3.8) is 0 Å². The van der Waals surface area contributed by atoms with Gasteiger partial charge in [0.2, 0.25) is 5.95 Å². The van der Waals surface area contributed by atoms with E-state index in [0.29, 0.717) is 23.6 Å². The number of fused-ring (bicyclic) bond motifs is 1. The van der Waals surface area contributed by atoms with E-state index in [1.807, 2.05) is 24.3 Å². The fourth-order valence-corrected chi connectivity index (χ4v) is 4.14. The lowest BCUT2D eigenvalue weighted by Gasteiger charge is -2.30. The van der Waals surface area contributed by atoms with Crippen LogP contribution in [0.4, 0.5) is 4.39 Å². The van der Waals surface area contributed by atoms with Crippen LogP contribution < -0.4 is 10.3 Å². The largest absolute Gasteiger partial charge is 0.494 e. The fourth-order valence-electron chi connectivity index (χ4n) is 4.14. The standard InChI is InChI=1S/C23H27FN4O2/c1-16-5-3-10-27(15-16)11-4-12-30-19-8-6-18(7-9-19)28-17(2)26-21-14-25-22(24)13-20(21)23(28)29/h6-9,13-14,16H,3-5,10-12,15H2,1-2H3/t16-/m0/s1. The molecule has 0 radical (unpaired) electrons. The lowest BCUT2D eigenvalue weighted by atomic mass is 10.0. The molecular formula is C23H27FN4O2. The number of piperidine rings is 1. The summed E-state index contributed by atoms with van der Waals surface area (Å²) in [6.45, 7) is 8.15. The lowest BCUT2D eigenvalue weighted by Crippen LogP contribution is -2.35. The van der Waals surface area contributed by atoms with Gasteiger partial charge in [-0.05, 0) is 62.9 Å². The van der Waals surface area contributed by atoms with Crippen molar-refractivity contribution in [3.8, 4) is 11.4 Å². The highest BCUT2D eigenvalue weighted by Crippen LogP contribution is 2.18. The highest BCUT2D eigenvalue weighted by Gasteiger charge is 2.15. The van der Waals surface area contributed by atoms with Crippen molar-refractivity contribution >= 4 is 10.9 Å². The van der Waals surface area contributed by atoms with Crippen molar-refractivity contribution in [1.82, 2.24) is 19.4 Å². The first-order chi connectivity index (χ1) is 14.5. The molecule has 7 heteroatoms. The van der Waals surface area contributed by atoms with Crippen molar-refractivity contribution in [1.29, 1.82) is 0 Å². The molecule has 4 rings (SSSR count). The molecule has 1 aliphatic heterocycles. The van der Waals surface area contributed by atoms with E-state index in [2.05, 4.69) is 21.8 Å². The first-order valence-electron chi connectivity index (χ1n) is 10.5. The average molecular weight is 410 g/mol. The SMILES string of the molecule is Cc1nc2cnc(F)cc2c(=O)n1-c1ccc(OCCCN2CCC[C@H](C)C2)cc1. The normalized spacial score (nSPS) is 17.4. The second-order valence-electron chi connectivity index (χ2n) is 8.07. The highest BCUT2D eigenvalue weighted by atomic mass is 19.1. The molecule has 3 aromatic rings. The first-order valence-corrected chi connectivity index (χ1v) is 10.5. The number of benzene rings is 1. The summed E-state index contributed by atoms with van der Waals surface area (Å²) in [4.78, 5) is 23.3. The van der Waals surface area contributed by atoms with Crippen LogP contribution in [-0.4, -0.2) is 45.7 Å². The third kappa shape index (κ3) is 4.51. The zero-order chi connectivity index (χ0) is 21.1. The van der Waals surface area contributed by atoms with E-state index in [0.717, 1.165) is 30.7 Å². The molecule has 1 fully saturated rings. The molecule has 1 atom stereocenters. The maximum atomic E-state index is 13.5. The predicted octanol–water partition coefficient (Wildman–Crippen LogP) is 3.73. The van der Waals surface area contributed by atoms with Gasteiger partial charge >= 0.3 is 0 Å². The summed E-state index contributed by atoms with van der Waals surface area (Å²) in [5.41, 5.74) is 0.736. The minimum absolute atomic E-state index is 0.209. The molecule has 1 saturated heterocycles. The molecule has 30 heavy (non-hydrogen) atoms. The maximum absolute atomic E-state index is 13.5. The molecule has 0 aliphatic carbocycles. The minimum atomic E-state index is -0.695. The van der Waals surface area contributed by atoms with Crippen LogP contribution in [0.5, 0.6) is 5.75 Å². The Kier molecular flexibility index (Phi) is 6.08. The summed E-state index contributed by atoms with van der Waals surface area (Å²) in [5.74, 6) is 1.38. The summed E-state index contributed by atoms with van der Waals surface area (Å²) in [5, 5.41) is 0.209. The second-order valence-corrected chi connectivity index (χ2v) is 8.07. The van der Waals surface area contributed by atoms with Gasteiger partial charge in [0.25, 0.3) is 5.56 Å². The van der Waals surface area contributed by atoms with Crippen LogP contribution in [0.25, 0.3) is 16.6 Å². The van der Waals surface area contributed by atoms with Crippen LogP contribution in [-0.2, 0) is 0 Å². The lowest BCUT2D eigenvalue weighted by molar-refractivity contribution is 0.170. The van der Waals surface area contributed by atoms with E-state index in [4.69, 9.17) is 4.74 Å². The van der Waals surface area contributed by atoms with E-state index < -0.39 is 5.95 Å². The van der Waals surface area contributed by atoms with Gasteiger partial charge in [-0.2, -0.15) is 4.39 Å². The highest BCUT2D eigenvalue weighted by molar-refractivity contribution is 5.76. The van der Waals surface area contributed by atoms with E-state index in [1.54, 1.807) is 6.92 Å². The Morgan fingerprint density at radius 3 is 2.83 bits per heavy atom. The second kappa shape index (κ2) is 8.92. The Bertz CT molecular complexity index is 1080. The van der Waals surface area contributed by atoms with Crippen LogP contribution in [0.1, 0.15) is 32.0 Å². The summed E-state index contributed by atoms with van der Waals surface area (Å²) in [7, 11) is 0. The van der Waals surface area contributed by atoms with Gasteiger partial charge in [0.15, 0.2) is 0 Å². The van der Waals surface area contributed by atoms with Gasteiger partial charge in [0, 0.05) is 19.2 Å². The molecular weight excluding hydrogens is 383 g/mol. The number of nitrogens with zero attached hydrogens (tertiary/aromatic N) is 4. The number of hydrogen-bond donors (Lipinski definition) is 0. The zero-order valence-corrected chi connectivity index (χ0v) is 17.5. The van der Waals surface area contributed by atoms with Gasteiger partial charge in [-0.25, -0.2) is 9.97 Å². The van der Waals surface area contributed by atoms with E-state index >= 15 is 0 Å². The molecule has 0 bridgehead atoms. The Labute approximate surface area is 175 Å². The molecule has 0 saturated carbocycles. The van der Waals surface area contributed by atoms with Crippen molar-refractivity contribution in [2.24, 2.45) is 5.92 Å². The summed E-state index contributed by atoms with van der Waals surface area (Å²) in [6.07, 6.45) is 4.89. The van der Waals surface area contributed by atoms with Crippen LogP contribution >= 0.6 is 0 Å². The number of likely N-dealkylation sites (tertiary alicyclic amines) is 1. The van der Waals surface area contributed by atoms with E-state index in [9.17, 15) is 9.18 Å². The minimum Gasteiger partial charge on any atom is -0.494 e. The third-order valence-corrected chi connectivity index (χ3v) is 5.61. The third-order valence-electron chi connectivity index (χ3n) is 5.61. The van der Waals surface area contributed by atoms with Gasteiger partial charge in [-0.1, -0.05) is 6.92 Å². The van der Waals surface area contributed by atoms with E-state index in [-0.39, 0.29) is 10.9 Å². The van der Waals surface area contributed by atoms with Gasteiger partial charge in [0.05, 0.1) is 29.4 Å². The van der Waals surface area contributed by atoms with Gasteiger partial charge in [0.1, 0.15) is 11.6 Å². The molecule has 6 nitrogen and oxygen atoms in total. The van der Waals surface area contributed by atoms with Crippen molar-refractivity contribution in [2.45, 2.75) is 33.1 Å². The number of pyridine rings is 1. The number of rotatable bonds is 6. The number of aromatic nitrogens is 3. The zero-order valence-electron chi connectivity index (χ0n) is 17.5. The molecule has 1 aliphatic rings. The Morgan fingerprint density at radius 2 is 2.07 bits per heavy atom. The molecule has 0 unspecified atom stereocenters. The Hall–Kier alpha value is -2.80. The molecule has 1 aromatic carbocycles. The summed E-state index contributed by atoms with van der Waals surface area (Å²) >= 11 is 0. The molecule has 0 spiro atoms. The smallest absolute Gasteiger partial charge is 0.266 e. The van der Waals surface area contributed by atoms with Crippen LogP contribution in [0.15, 0.2) is 41.3 Å². The molecule has 3 heterocycles. The monoisotopic (exact) mass is 410 g/mol. The summed E-state index contributed by atoms with van der Waals surface area (Å²) < 4.78 is 20.8. The molecule has 158 valence electrons. The molecule has 0 amide bonds. The van der Waals surface area contributed by atoms with Crippen LogP contribution in [0.2, 0.25) is 0 Å². The van der Waals surface area contributed by atoms with Gasteiger partial charge in [-0.15, -0.1) is 0 Å². The number of ether oxygens (including phenoxy) is 1. The topological polar surface area (TPSA) is 60.3 Å². The fraction of sp³-hybridized carbons (Fsp3) is 0.435. The average Bonchev–Trinajstić information content (AvgIpc) is 2.73. The van der Waals surface area contributed by atoms with Gasteiger partial charge in [-0.3, -0.25) is 9.36 Å². The Balaban J connectivity index is 1.42. The number of hydrogen-bond acceptors (Lipinski definition) is 5. The molecule has 0 N–H and O–H groups in total. The summed E-state index contributed by atoms with van der Waals surface area (Å²) in [6, 6.07) is 8.46. The number of halogens is 1. The van der Waals surface area contributed by atoms with Crippen LogP contribution in [0.3, 0.4) is 0 Å².